The fourth-order valence-electron chi connectivity index (χ4n) is 4.72. The molecule has 4 aromatic rings. The highest BCUT2D eigenvalue weighted by Gasteiger charge is 2.37. The fraction of sp³-hybridized carbons (Fsp3) is 0.300. The van der Waals surface area contributed by atoms with Crippen LogP contribution in [0.4, 0.5) is 0 Å². The minimum atomic E-state index is -0.357. The highest BCUT2D eigenvalue weighted by atomic mass is 16.2. The lowest BCUT2D eigenvalue weighted by atomic mass is 10.1. The Labute approximate surface area is 206 Å². The van der Waals surface area contributed by atoms with E-state index in [2.05, 4.69) is 12.1 Å². The summed E-state index contributed by atoms with van der Waals surface area (Å²) < 4.78 is 1.73. The number of amides is 1. The van der Waals surface area contributed by atoms with Crippen LogP contribution < -0.4 is 5.56 Å². The molecule has 3 aromatic carbocycles. The molecule has 1 fully saturated rings. The lowest BCUT2D eigenvalue weighted by Crippen LogP contribution is -2.39. The van der Waals surface area contributed by atoms with Crippen molar-refractivity contribution in [2.45, 2.75) is 46.1 Å². The Kier molecular flexibility index (Phi) is 6.25. The second-order valence-corrected chi connectivity index (χ2v) is 9.64. The summed E-state index contributed by atoms with van der Waals surface area (Å²) in [5, 5.41) is 0.578. The number of aryl methyl sites for hydroxylation is 2. The second kappa shape index (κ2) is 9.49. The van der Waals surface area contributed by atoms with Crippen molar-refractivity contribution in [3.8, 4) is 5.69 Å². The fourth-order valence-corrected chi connectivity index (χ4v) is 4.72. The van der Waals surface area contributed by atoms with E-state index in [1.807, 2.05) is 86.3 Å². The molecule has 1 saturated carbocycles. The van der Waals surface area contributed by atoms with Gasteiger partial charge in [0.2, 0.25) is 5.91 Å². The lowest BCUT2D eigenvalue weighted by molar-refractivity contribution is -0.134. The summed E-state index contributed by atoms with van der Waals surface area (Å²) in [7, 11) is 0. The van der Waals surface area contributed by atoms with E-state index in [0.717, 1.165) is 36.1 Å². The molecule has 1 heterocycles. The van der Waals surface area contributed by atoms with Crippen LogP contribution in [-0.4, -0.2) is 26.9 Å². The number of benzene rings is 3. The van der Waals surface area contributed by atoms with Gasteiger partial charge in [0.25, 0.3) is 5.56 Å². The topological polar surface area (TPSA) is 55.2 Å². The van der Waals surface area contributed by atoms with Crippen LogP contribution in [0.3, 0.4) is 0 Å². The molecule has 5 nitrogen and oxygen atoms in total. The number of hydrogen-bond donors (Lipinski definition) is 0. The number of fused-ring (bicyclic) bond motifs is 1. The second-order valence-electron chi connectivity index (χ2n) is 9.64. The van der Waals surface area contributed by atoms with Crippen LogP contribution in [0, 0.1) is 19.8 Å². The highest BCUT2D eigenvalue weighted by molar-refractivity contribution is 5.82. The average Bonchev–Trinajstić information content (AvgIpc) is 3.72. The van der Waals surface area contributed by atoms with Crippen LogP contribution in [0.5, 0.6) is 0 Å². The Morgan fingerprint density at radius 3 is 2.49 bits per heavy atom. The molecule has 1 aromatic heterocycles. The Hall–Kier alpha value is -3.73. The van der Waals surface area contributed by atoms with Gasteiger partial charge in [-0.15, -0.1) is 0 Å². The van der Waals surface area contributed by atoms with Crippen molar-refractivity contribution >= 4 is 16.8 Å². The quantitative estimate of drug-likeness (QED) is 0.360. The van der Waals surface area contributed by atoms with Gasteiger partial charge in [-0.3, -0.25) is 14.2 Å². The maximum Gasteiger partial charge on any atom is 0.266 e. The molecular weight excluding hydrogens is 434 g/mol. The zero-order valence-electron chi connectivity index (χ0n) is 20.6. The predicted molar refractivity (Wildman–Crippen MR) is 140 cm³/mol. The Balaban J connectivity index is 1.64. The van der Waals surface area contributed by atoms with Crippen LogP contribution in [-0.2, 0) is 11.2 Å². The number of hydrogen-bond acceptors (Lipinski definition) is 3. The number of carbonyl (C=O) groups excluding carboxylic acids is 1. The van der Waals surface area contributed by atoms with E-state index >= 15 is 0 Å². The minimum Gasteiger partial charge on any atom is -0.332 e. The molecule has 0 spiro atoms. The lowest BCUT2D eigenvalue weighted by Gasteiger charge is -2.31. The third-order valence-electron chi connectivity index (χ3n) is 6.94. The molecule has 1 atom stereocenters. The van der Waals surface area contributed by atoms with Gasteiger partial charge in [0.15, 0.2) is 0 Å². The first-order valence-electron chi connectivity index (χ1n) is 12.4. The Morgan fingerprint density at radius 1 is 1.03 bits per heavy atom. The largest absolute Gasteiger partial charge is 0.332 e. The van der Waals surface area contributed by atoms with E-state index in [1.165, 1.54) is 5.56 Å². The zero-order chi connectivity index (χ0) is 24.5. The van der Waals surface area contributed by atoms with Crippen LogP contribution >= 0.6 is 0 Å². The molecule has 178 valence electrons. The third kappa shape index (κ3) is 4.63. The monoisotopic (exact) mass is 465 g/mol. The summed E-state index contributed by atoms with van der Waals surface area (Å²) in [4.78, 5) is 34.2. The van der Waals surface area contributed by atoms with Crippen LogP contribution in [0.2, 0.25) is 0 Å². The molecule has 35 heavy (non-hydrogen) atoms. The van der Waals surface area contributed by atoms with Gasteiger partial charge in [0.1, 0.15) is 5.82 Å². The van der Waals surface area contributed by atoms with Gasteiger partial charge in [-0.1, -0.05) is 54.6 Å². The smallest absolute Gasteiger partial charge is 0.266 e. The first kappa shape index (κ1) is 23.0. The summed E-state index contributed by atoms with van der Waals surface area (Å²) in [6.07, 6.45) is 2.62. The number of carbonyl (C=O) groups is 1. The molecule has 0 radical (unpaired) electrons. The molecular formula is C30H31N3O2. The molecule has 0 aliphatic heterocycles. The molecule has 0 bridgehead atoms. The van der Waals surface area contributed by atoms with Crippen molar-refractivity contribution in [2.24, 2.45) is 5.92 Å². The van der Waals surface area contributed by atoms with Crippen LogP contribution in [0.1, 0.15) is 48.3 Å². The van der Waals surface area contributed by atoms with Gasteiger partial charge < -0.3 is 4.90 Å². The number of aromatic nitrogens is 2. The van der Waals surface area contributed by atoms with Gasteiger partial charge in [0, 0.05) is 12.5 Å². The van der Waals surface area contributed by atoms with Crippen LogP contribution in [0.25, 0.3) is 16.6 Å². The summed E-state index contributed by atoms with van der Waals surface area (Å²) in [6.45, 7) is 6.61. The molecule has 0 N–H and O–H groups in total. The van der Waals surface area contributed by atoms with Crippen molar-refractivity contribution in [1.82, 2.24) is 14.5 Å². The third-order valence-corrected chi connectivity index (χ3v) is 6.94. The maximum absolute atomic E-state index is 13.9. The summed E-state index contributed by atoms with van der Waals surface area (Å²) in [6, 6.07) is 23.4. The summed E-state index contributed by atoms with van der Waals surface area (Å²) in [5.41, 5.74) is 4.62. The Bertz CT molecular complexity index is 1440. The zero-order valence-corrected chi connectivity index (χ0v) is 20.6. The van der Waals surface area contributed by atoms with E-state index in [1.54, 1.807) is 4.57 Å². The van der Waals surface area contributed by atoms with Crippen LogP contribution in [0.15, 0.2) is 77.6 Å². The first-order valence-corrected chi connectivity index (χ1v) is 12.4. The van der Waals surface area contributed by atoms with Gasteiger partial charge in [0.05, 0.1) is 22.6 Å². The first-order chi connectivity index (χ1) is 16.9. The SMILES string of the molecule is Cc1ccc(C)c(-n2c(C(C)N(CCc3ccccc3)C(=O)C3CC3)nc3ccccc3c2=O)c1. The van der Waals surface area contributed by atoms with Crippen molar-refractivity contribution in [2.75, 3.05) is 6.54 Å². The number of rotatable bonds is 7. The Morgan fingerprint density at radius 2 is 1.74 bits per heavy atom. The van der Waals surface area contributed by atoms with Crippen molar-refractivity contribution < 1.29 is 4.79 Å². The number of para-hydroxylation sites is 1. The maximum atomic E-state index is 13.9. The van der Waals surface area contributed by atoms with Crippen molar-refractivity contribution in [3.05, 3.63) is 106 Å². The van der Waals surface area contributed by atoms with Gasteiger partial charge in [-0.2, -0.15) is 0 Å². The molecule has 0 saturated heterocycles. The van der Waals surface area contributed by atoms with Gasteiger partial charge in [-0.05, 0) is 74.9 Å². The number of nitrogens with zero attached hydrogens (tertiary/aromatic N) is 3. The molecule has 1 unspecified atom stereocenters. The van der Waals surface area contributed by atoms with E-state index in [-0.39, 0.29) is 23.4 Å². The minimum absolute atomic E-state index is 0.0783. The summed E-state index contributed by atoms with van der Waals surface area (Å²) in [5.74, 6) is 0.836. The molecule has 1 amide bonds. The van der Waals surface area contributed by atoms with E-state index in [4.69, 9.17) is 4.98 Å². The van der Waals surface area contributed by atoms with Gasteiger partial charge >= 0.3 is 0 Å². The van der Waals surface area contributed by atoms with E-state index < -0.39 is 0 Å². The van der Waals surface area contributed by atoms with Crippen molar-refractivity contribution in [3.63, 3.8) is 0 Å². The van der Waals surface area contributed by atoms with E-state index in [9.17, 15) is 9.59 Å². The summed E-state index contributed by atoms with van der Waals surface area (Å²) >= 11 is 0. The normalized spacial score (nSPS) is 14.1. The molecule has 1 aliphatic rings. The predicted octanol–water partition coefficient (Wildman–Crippen LogP) is 5.54. The average molecular weight is 466 g/mol. The molecule has 5 heteroatoms. The van der Waals surface area contributed by atoms with E-state index in [0.29, 0.717) is 23.3 Å². The highest BCUT2D eigenvalue weighted by Crippen LogP contribution is 2.34. The van der Waals surface area contributed by atoms with Crippen molar-refractivity contribution in [1.29, 1.82) is 0 Å². The molecule has 1 aliphatic carbocycles. The van der Waals surface area contributed by atoms with Gasteiger partial charge in [-0.25, -0.2) is 4.98 Å². The molecule has 5 rings (SSSR count). The standard InChI is InChI=1S/C30H31N3O2/c1-20-13-14-21(2)27(19-20)33-28(31-26-12-8-7-11-25(26)30(33)35)22(3)32(29(34)24-15-16-24)18-17-23-9-5-4-6-10-23/h4-14,19,22,24H,15-18H2,1-3H3.